The molecule has 1 saturated heterocycles. The van der Waals surface area contributed by atoms with Crippen LogP contribution in [0, 0.1) is 0 Å². The number of benzene rings is 1. The number of nitrogens with one attached hydrogen (secondary N) is 2. The second-order valence-electron chi connectivity index (χ2n) is 5.61. The van der Waals surface area contributed by atoms with Crippen LogP contribution in [0.5, 0.6) is 11.5 Å². The van der Waals surface area contributed by atoms with Crippen molar-refractivity contribution >= 4 is 23.8 Å². The van der Waals surface area contributed by atoms with Gasteiger partial charge in [-0.25, -0.2) is 4.79 Å². The first-order valence-electron chi connectivity index (χ1n) is 8.16. The molecule has 1 aromatic carbocycles. The maximum Gasteiger partial charge on any atom is 0.326 e. The van der Waals surface area contributed by atoms with Gasteiger partial charge in [-0.05, 0) is 25.1 Å². The van der Waals surface area contributed by atoms with Crippen LogP contribution in [0.1, 0.15) is 17.3 Å². The summed E-state index contributed by atoms with van der Waals surface area (Å²) in [5.41, 5.74) is 0.262. The number of imide groups is 1. The standard InChI is InChI=1S/C17H21N3O7/c1-10(16(23)20-7-6-18-17(20)24)27-14(21)9-19-15(22)11-4-5-12(25-2)13(8-11)26-3/h4-5,8,10H,6-7,9H2,1-3H3,(H,18,24)(H,19,22). The Morgan fingerprint density at radius 2 is 1.93 bits per heavy atom. The van der Waals surface area contributed by atoms with Crippen LogP contribution in [-0.4, -0.2) is 68.7 Å². The lowest BCUT2D eigenvalue weighted by Gasteiger charge is -2.18. The molecule has 1 aliphatic rings. The summed E-state index contributed by atoms with van der Waals surface area (Å²) in [6.45, 7) is 1.50. The number of carbonyl (C=O) groups is 4. The summed E-state index contributed by atoms with van der Waals surface area (Å²) in [5, 5.41) is 4.88. The van der Waals surface area contributed by atoms with Gasteiger partial charge >= 0.3 is 12.0 Å². The number of amides is 4. The normalized spacial score (nSPS) is 14.2. The van der Waals surface area contributed by atoms with Crippen LogP contribution in [0.25, 0.3) is 0 Å². The second-order valence-corrected chi connectivity index (χ2v) is 5.61. The maximum atomic E-state index is 12.1. The highest BCUT2D eigenvalue weighted by atomic mass is 16.5. The van der Waals surface area contributed by atoms with E-state index in [1.54, 1.807) is 6.07 Å². The van der Waals surface area contributed by atoms with Crippen LogP contribution in [0.3, 0.4) is 0 Å². The summed E-state index contributed by atoms with van der Waals surface area (Å²) in [4.78, 5) is 48.5. The van der Waals surface area contributed by atoms with Crippen LogP contribution < -0.4 is 20.1 Å². The van der Waals surface area contributed by atoms with Gasteiger partial charge in [-0.15, -0.1) is 0 Å². The number of hydrogen-bond donors (Lipinski definition) is 2. The van der Waals surface area contributed by atoms with Crippen LogP contribution in [0.4, 0.5) is 4.79 Å². The molecule has 146 valence electrons. The van der Waals surface area contributed by atoms with E-state index in [-0.39, 0.29) is 12.1 Å². The summed E-state index contributed by atoms with van der Waals surface area (Å²) in [6, 6.07) is 4.02. The zero-order valence-corrected chi connectivity index (χ0v) is 15.2. The number of rotatable bonds is 7. The Morgan fingerprint density at radius 1 is 1.22 bits per heavy atom. The van der Waals surface area contributed by atoms with Gasteiger partial charge in [-0.3, -0.25) is 19.3 Å². The lowest BCUT2D eigenvalue weighted by molar-refractivity contribution is -0.156. The highest BCUT2D eigenvalue weighted by Gasteiger charge is 2.31. The summed E-state index contributed by atoms with van der Waals surface area (Å²) in [7, 11) is 2.91. The molecule has 0 saturated carbocycles. The van der Waals surface area contributed by atoms with Crippen molar-refractivity contribution in [1.29, 1.82) is 0 Å². The number of nitrogens with zero attached hydrogens (tertiary/aromatic N) is 1. The molecule has 2 N–H and O–H groups in total. The van der Waals surface area contributed by atoms with Gasteiger partial charge in [0, 0.05) is 18.7 Å². The van der Waals surface area contributed by atoms with Gasteiger partial charge in [0.15, 0.2) is 17.6 Å². The van der Waals surface area contributed by atoms with Crippen molar-refractivity contribution in [3.8, 4) is 11.5 Å². The van der Waals surface area contributed by atoms with Crippen LogP contribution in [0.2, 0.25) is 0 Å². The molecule has 0 aromatic heterocycles. The number of hydrogen-bond acceptors (Lipinski definition) is 7. The van der Waals surface area contributed by atoms with E-state index in [0.29, 0.717) is 18.0 Å². The van der Waals surface area contributed by atoms with Gasteiger partial charge in [0.1, 0.15) is 6.54 Å². The highest BCUT2D eigenvalue weighted by Crippen LogP contribution is 2.27. The van der Waals surface area contributed by atoms with E-state index in [2.05, 4.69) is 10.6 Å². The van der Waals surface area contributed by atoms with Crippen LogP contribution in [-0.2, 0) is 14.3 Å². The molecule has 0 aliphatic carbocycles. The molecule has 0 spiro atoms. The molecular weight excluding hydrogens is 358 g/mol. The van der Waals surface area contributed by atoms with Gasteiger partial charge in [0.05, 0.1) is 14.2 Å². The Kier molecular flexibility index (Phi) is 6.58. The summed E-state index contributed by atoms with van der Waals surface area (Å²) < 4.78 is 15.2. The molecule has 1 atom stereocenters. The monoisotopic (exact) mass is 379 g/mol. The van der Waals surface area contributed by atoms with Gasteiger partial charge in [0.2, 0.25) is 0 Å². The van der Waals surface area contributed by atoms with Crippen molar-refractivity contribution in [2.24, 2.45) is 0 Å². The zero-order valence-electron chi connectivity index (χ0n) is 15.2. The van der Waals surface area contributed by atoms with Crippen molar-refractivity contribution in [1.82, 2.24) is 15.5 Å². The minimum Gasteiger partial charge on any atom is -0.493 e. The fourth-order valence-corrected chi connectivity index (χ4v) is 2.42. The number of urea groups is 1. The highest BCUT2D eigenvalue weighted by molar-refractivity contribution is 5.99. The Bertz CT molecular complexity index is 750. The van der Waals surface area contributed by atoms with E-state index in [1.807, 2.05) is 0 Å². The average molecular weight is 379 g/mol. The molecule has 10 heteroatoms. The fraction of sp³-hybridized carbons (Fsp3) is 0.412. The van der Waals surface area contributed by atoms with E-state index in [0.717, 1.165) is 4.90 Å². The summed E-state index contributed by atoms with van der Waals surface area (Å²) in [5.74, 6) is -1.11. The van der Waals surface area contributed by atoms with Crippen molar-refractivity contribution in [2.75, 3.05) is 33.9 Å². The second kappa shape index (κ2) is 8.88. The third-order valence-electron chi connectivity index (χ3n) is 3.82. The number of ether oxygens (including phenoxy) is 3. The molecule has 1 fully saturated rings. The molecule has 10 nitrogen and oxygen atoms in total. The van der Waals surface area contributed by atoms with Crippen LogP contribution >= 0.6 is 0 Å². The van der Waals surface area contributed by atoms with Crippen molar-refractivity contribution in [3.05, 3.63) is 23.8 Å². The van der Waals surface area contributed by atoms with Gasteiger partial charge in [-0.2, -0.15) is 0 Å². The predicted molar refractivity (Wildman–Crippen MR) is 92.5 cm³/mol. The first kappa shape index (κ1) is 20.0. The number of carbonyl (C=O) groups excluding carboxylic acids is 4. The fourth-order valence-electron chi connectivity index (χ4n) is 2.42. The van der Waals surface area contributed by atoms with E-state index in [4.69, 9.17) is 14.2 Å². The maximum absolute atomic E-state index is 12.1. The molecular formula is C17H21N3O7. The Hall–Kier alpha value is -3.30. The first-order chi connectivity index (χ1) is 12.9. The minimum atomic E-state index is -1.14. The average Bonchev–Trinajstić information content (AvgIpc) is 3.10. The largest absolute Gasteiger partial charge is 0.493 e. The van der Waals surface area contributed by atoms with Gasteiger partial charge < -0.3 is 24.8 Å². The lowest BCUT2D eigenvalue weighted by Crippen LogP contribution is -2.43. The quantitative estimate of drug-likeness (QED) is 0.635. The van der Waals surface area contributed by atoms with Gasteiger partial charge in [-0.1, -0.05) is 0 Å². The molecule has 1 heterocycles. The van der Waals surface area contributed by atoms with E-state index in [1.165, 1.54) is 33.3 Å². The molecule has 27 heavy (non-hydrogen) atoms. The molecule has 1 unspecified atom stereocenters. The zero-order chi connectivity index (χ0) is 20.0. The van der Waals surface area contributed by atoms with Crippen molar-refractivity contribution in [2.45, 2.75) is 13.0 Å². The Morgan fingerprint density at radius 3 is 2.52 bits per heavy atom. The van der Waals surface area contributed by atoms with E-state index < -0.39 is 36.5 Å². The SMILES string of the molecule is COc1ccc(C(=O)NCC(=O)OC(C)C(=O)N2CCNC2=O)cc1OC. The molecule has 0 radical (unpaired) electrons. The van der Waals surface area contributed by atoms with E-state index in [9.17, 15) is 19.2 Å². The Labute approximate surface area is 155 Å². The third-order valence-corrected chi connectivity index (χ3v) is 3.82. The molecule has 4 amide bonds. The number of esters is 1. The summed E-state index contributed by atoms with van der Waals surface area (Å²) in [6.07, 6.45) is -1.14. The summed E-state index contributed by atoms with van der Waals surface area (Å²) >= 11 is 0. The first-order valence-corrected chi connectivity index (χ1v) is 8.16. The smallest absolute Gasteiger partial charge is 0.326 e. The third kappa shape index (κ3) is 4.87. The van der Waals surface area contributed by atoms with Crippen LogP contribution in [0.15, 0.2) is 18.2 Å². The predicted octanol–water partition coefficient (Wildman–Crippen LogP) is -0.0829. The van der Waals surface area contributed by atoms with Gasteiger partial charge in [0.25, 0.3) is 11.8 Å². The molecule has 1 aromatic rings. The van der Waals surface area contributed by atoms with Crippen molar-refractivity contribution in [3.63, 3.8) is 0 Å². The molecule has 2 rings (SSSR count). The number of methoxy groups -OCH3 is 2. The lowest BCUT2D eigenvalue weighted by atomic mass is 10.2. The van der Waals surface area contributed by atoms with E-state index >= 15 is 0 Å². The molecule has 1 aliphatic heterocycles. The molecule has 0 bridgehead atoms. The topological polar surface area (TPSA) is 123 Å². The minimum absolute atomic E-state index is 0.218. The van der Waals surface area contributed by atoms with Crippen molar-refractivity contribution < 1.29 is 33.4 Å². The Balaban J connectivity index is 1.86.